The summed E-state index contributed by atoms with van der Waals surface area (Å²) < 4.78 is 0. The maximum Gasteiger partial charge on any atom is 0.276 e. The number of hydrogen-bond acceptors (Lipinski definition) is 2. The number of nitrogens with one attached hydrogen (secondary N) is 1. The summed E-state index contributed by atoms with van der Waals surface area (Å²) in [6.07, 6.45) is 1.15. The van der Waals surface area contributed by atoms with E-state index in [1.165, 1.54) is 5.56 Å². The van der Waals surface area contributed by atoms with Gasteiger partial charge in [0.05, 0.1) is 0 Å². The molecule has 19 heavy (non-hydrogen) atoms. The molecule has 3 nitrogen and oxygen atoms in total. The number of carbonyl (C=O) groups is 1. The molecule has 0 saturated carbocycles. The van der Waals surface area contributed by atoms with Crippen molar-refractivity contribution in [3.05, 3.63) is 66.7 Å². The van der Waals surface area contributed by atoms with Gasteiger partial charge >= 0.3 is 0 Å². The molecule has 0 spiro atoms. The van der Waals surface area contributed by atoms with Crippen LogP contribution >= 0.6 is 0 Å². The largest absolute Gasteiger partial charge is 0.379 e. The van der Waals surface area contributed by atoms with E-state index < -0.39 is 0 Å². The van der Waals surface area contributed by atoms with Gasteiger partial charge in [0.1, 0.15) is 0 Å². The van der Waals surface area contributed by atoms with Gasteiger partial charge < -0.3 is 4.84 Å². The summed E-state index contributed by atoms with van der Waals surface area (Å²) in [6, 6.07) is 15.8. The number of amides is 1. The van der Waals surface area contributed by atoms with Gasteiger partial charge in [-0.25, -0.2) is 0 Å². The third kappa shape index (κ3) is 3.45. The van der Waals surface area contributed by atoms with Gasteiger partial charge in [0.2, 0.25) is 0 Å². The van der Waals surface area contributed by atoms with Crippen LogP contribution in [0.15, 0.2) is 61.2 Å². The molecule has 0 fully saturated rings. The monoisotopic (exact) mass is 253 g/mol. The highest BCUT2D eigenvalue weighted by Crippen LogP contribution is 2.22. The first-order valence-electron chi connectivity index (χ1n) is 5.95. The van der Waals surface area contributed by atoms with E-state index in [2.05, 4.69) is 43.2 Å². The van der Waals surface area contributed by atoms with Crippen LogP contribution in [0, 0.1) is 6.92 Å². The van der Waals surface area contributed by atoms with Gasteiger partial charge in [-0.2, -0.15) is 5.48 Å². The van der Waals surface area contributed by atoms with Crippen LogP contribution in [0.4, 0.5) is 0 Å². The molecule has 96 valence electrons. The Morgan fingerprint density at radius 3 is 2.11 bits per heavy atom. The smallest absolute Gasteiger partial charge is 0.276 e. The Morgan fingerprint density at radius 2 is 1.58 bits per heavy atom. The fourth-order valence-corrected chi connectivity index (χ4v) is 1.61. The molecule has 0 aliphatic carbocycles. The molecule has 3 heteroatoms. The molecule has 0 aliphatic heterocycles. The lowest BCUT2D eigenvalue weighted by Crippen LogP contribution is -2.24. The van der Waals surface area contributed by atoms with E-state index in [9.17, 15) is 4.79 Å². The molecule has 0 saturated heterocycles. The van der Waals surface area contributed by atoms with Crippen molar-refractivity contribution in [2.24, 2.45) is 0 Å². The second kappa shape index (κ2) is 5.87. The molecular formula is C16H15NO2. The normalized spacial score (nSPS) is 9.74. The Labute approximate surface area is 112 Å². The zero-order valence-electron chi connectivity index (χ0n) is 10.7. The molecule has 0 bridgehead atoms. The first kappa shape index (κ1) is 12.9. The molecule has 0 radical (unpaired) electrons. The summed E-state index contributed by atoms with van der Waals surface area (Å²) >= 11 is 0. The minimum atomic E-state index is -0.373. The van der Waals surface area contributed by atoms with E-state index in [-0.39, 0.29) is 5.91 Å². The quantitative estimate of drug-likeness (QED) is 0.671. The minimum absolute atomic E-state index is 0.373. The zero-order chi connectivity index (χ0) is 13.7. The highest BCUT2D eigenvalue weighted by molar-refractivity contribution is 5.86. The first-order valence-corrected chi connectivity index (χ1v) is 5.95. The van der Waals surface area contributed by atoms with Gasteiger partial charge in [-0.15, -0.1) is 0 Å². The zero-order valence-corrected chi connectivity index (χ0v) is 10.7. The summed E-state index contributed by atoms with van der Waals surface area (Å²) in [4.78, 5) is 16.0. The molecule has 0 aliphatic rings. The molecule has 1 N–H and O–H groups in total. The van der Waals surface area contributed by atoms with Crippen LogP contribution in [0.1, 0.15) is 5.56 Å². The van der Waals surface area contributed by atoms with Gasteiger partial charge in [0, 0.05) is 0 Å². The summed E-state index contributed by atoms with van der Waals surface area (Å²) in [5, 5.41) is 0. The Bertz CT molecular complexity index is 571. The molecule has 2 aromatic carbocycles. The van der Waals surface area contributed by atoms with Crippen molar-refractivity contribution in [3.8, 4) is 16.9 Å². The second-order valence-corrected chi connectivity index (χ2v) is 4.16. The first-order chi connectivity index (χ1) is 9.19. The third-order valence-corrected chi connectivity index (χ3v) is 2.69. The molecule has 0 atom stereocenters. The number of aryl methyl sites for hydroxylation is 1. The summed E-state index contributed by atoms with van der Waals surface area (Å²) in [7, 11) is 0. The second-order valence-electron chi connectivity index (χ2n) is 4.16. The van der Waals surface area contributed by atoms with Crippen molar-refractivity contribution >= 4 is 5.91 Å². The summed E-state index contributed by atoms with van der Waals surface area (Å²) in [6.45, 7) is 5.40. The lowest BCUT2D eigenvalue weighted by atomic mass is 10.0. The lowest BCUT2D eigenvalue weighted by molar-refractivity contribution is -0.122. The van der Waals surface area contributed by atoms with Crippen molar-refractivity contribution in [2.75, 3.05) is 0 Å². The van der Waals surface area contributed by atoms with Crippen LogP contribution in [-0.4, -0.2) is 5.91 Å². The van der Waals surface area contributed by atoms with Crippen molar-refractivity contribution in [2.45, 2.75) is 6.92 Å². The highest BCUT2D eigenvalue weighted by atomic mass is 16.7. The van der Waals surface area contributed by atoms with E-state index in [1.807, 2.05) is 12.1 Å². The van der Waals surface area contributed by atoms with Gasteiger partial charge in [0.15, 0.2) is 5.75 Å². The molecular weight excluding hydrogens is 238 g/mol. The van der Waals surface area contributed by atoms with Gasteiger partial charge in [0.25, 0.3) is 5.91 Å². The van der Waals surface area contributed by atoms with Crippen LogP contribution in [0.3, 0.4) is 0 Å². The van der Waals surface area contributed by atoms with Crippen LogP contribution in [-0.2, 0) is 4.79 Å². The van der Waals surface area contributed by atoms with E-state index >= 15 is 0 Å². The van der Waals surface area contributed by atoms with Gasteiger partial charge in [-0.1, -0.05) is 48.5 Å². The Balaban J connectivity index is 2.07. The summed E-state index contributed by atoms with van der Waals surface area (Å²) in [5.74, 6) is 0.202. The number of rotatable bonds is 4. The van der Waals surface area contributed by atoms with E-state index in [1.54, 1.807) is 12.1 Å². The molecule has 0 unspecified atom stereocenters. The molecule has 0 heterocycles. The number of carbonyl (C=O) groups excluding carboxylic acids is 1. The van der Waals surface area contributed by atoms with Crippen LogP contribution in [0.2, 0.25) is 0 Å². The molecule has 0 aromatic heterocycles. The van der Waals surface area contributed by atoms with Crippen molar-refractivity contribution in [1.82, 2.24) is 5.48 Å². The van der Waals surface area contributed by atoms with Crippen molar-refractivity contribution in [1.29, 1.82) is 0 Å². The average molecular weight is 253 g/mol. The Kier molecular flexibility index (Phi) is 3.98. The van der Waals surface area contributed by atoms with Crippen LogP contribution in [0.5, 0.6) is 5.75 Å². The fraction of sp³-hybridized carbons (Fsp3) is 0.0625. The molecule has 2 aromatic rings. The molecule has 1 amide bonds. The van der Waals surface area contributed by atoms with E-state index in [4.69, 9.17) is 4.84 Å². The van der Waals surface area contributed by atoms with Gasteiger partial charge in [-0.3, -0.25) is 4.79 Å². The lowest BCUT2D eigenvalue weighted by Gasteiger charge is -2.06. The number of hydroxylamine groups is 1. The topological polar surface area (TPSA) is 38.3 Å². The Morgan fingerprint density at radius 1 is 1.05 bits per heavy atom. The van der Waals surface area contributed by atoms with E-state index in [0.717, 1.165) is 17.2 Å². The third-order valence-electron chi connectivity index (χ3n) is 2.69. The van der Waals surface area contributed by atoms with Gasteiger partial charge in [-0.05, 0) is 36.3 Å². The fourth-order valence-electron chi connectivity index (χ4n) is 1.61. The highest BCUT2D eigenvalue weighted by Gasteiger charge is 2.00. The summed E-state index contributed by atoms with van der Waals surface area (Å²) in [5.41, 5.74) is 5.74. The predicted octanol–water partition coefficient (Wildman–Crippen LogP) is 3.26. The minimum Gasteiger partial charge on any atom is -0.379 e. The number of benzene rings is 2. The van der Waals surface area contributed by atoms with Crippen molar-refractivity contribution in [3.63, 3.8) is 0 Å². The predicted molar refractivity (Wildman–Crippen MR) is 75.6 cm³/mol. The molecule has 2 rings (SSSR count). The standard InChI is InChI=1S/C16H15NO2/c1-3-16(18)17-19-15-10-8-14(9-11-15)13-6-4-12(2)5-7-13/h3-11H,1H2,2H3,(H,17,18). The maximum atomic E-state index is 11.0. The van der Waals surface area contributed by atoms with Crippen molar-refractivity contribution < 1.29 is 9.63 Å². The maximum absolute atomic E-state index is 11.0. The number of hydrogen-bond donors (Lipinski definition) is 1. The van der Waals surface area contributed by atoms with E-state index in [0.29, 0.717) is 5.75 Å². The SMILES string of the molecule is C=CC(=O)NOc1ccc(-c2ccc(C)cc2)cc1. The Hall–Kier alpha value is -2.55. The van der Waals surface area contributed by atoms with Crippen LogP contribution < -0.4 is 10.3 Å². The van der Waals surface area contributed by atoms with Crippen LogP contribution in [0.25, 0.3) is 11.1 Å². The average Bonchev–Trinajstić information content (AvgIpc) is 2.46.